The largest absolute Gasteiger partial charge is 0.310 e. The van der Waals surface area contributed by atoms with Crippen LogP contribution in [0.1, 0.15) is 11.9 Å². The molecule has 3 nitrogen and oxygen atoms in total. The number of likely N-dealkylation sites (N-methyl/N-ethyl adjacent to an activating group) is 1. The molecule has 0 amide bonds. The highest BCUT2D eigenvalue weighted by molar-refractivity contribution is 7.09. The summed E-state index contributed by atoms with van der Waals surface area (Å²) in [7, 11) is 1.79. The minimum atomic E-state index is -0.0869. The van der Waals surface area contributed by atoms with E-state index in [4.69, 9.17) is 0 Å². The van der Waals surface area contributed by atoms with Crippen LogP contribution in [0, 0.1) is 0 Å². The van der Waals surface area contributed by atoms with E-state index in [2.05, 4.69) is 10.3 Å². The number of thiazole rings is 1. The molecule has 12 heavy (non-hydrogen) atoms. The molecule has 0 radical (unpaired) electrons. The van der Waals surface area contributed by atoms with Crippen molar-refractivity contribution in [2.45, 2.75) is 19.4 Å². The topological polar surface area (TPSA) is 42.0 Å². The molecule has 1 N–H and O–H groups in total. The van der Waals surface area contributed by atoms with Gasteiger partial charge in [-0.1, -0.05) is 0 Å². The Hall–Kier alpha value is -0.740. The van der Waals surface area contributed by atoms with E-state index < -0.39 is 0 Å². The highest BCUT2D eigenvalue weighted by Gasteiger charge is 2.12. The first-order valence-corrected chi connectivity index (χ1v) is 4.68. The summed E-state index contributed by atoms with van der Waals surface area (Å²) in [6, 6.07) is -0.0869. The number of carbonyl (C=O) groups excluding carboxylic acids is 1. The van der Waals surface area contributed by atoms with E-state index in [-0.39, 0.29) is 11.8 Å². The normalized spacial score (nSPS) is 12.8. The third-order valence-electron chi connectivity index (χ3n) is 1.70. The fraction of sp³-hybridized carbons (Fsp3) is 0.500. The lowest BCUT2D eigenvalue weighted by Crippen LogP contribution is -2.34. The number of nitrogens with one attached hydrogen (secondary N) is 1. The molecule has 1 heterocycles. The molecule has 1 unspecified atom stereocenters. The average Bonchev–Trinajstić information content (AvgIpc) is 2.51. The molecule has 66 valence electrons. The molecule has 1 aromatic rings. The lowest BCUT2D eigenvalue weighted by molar-refractivity contribution is -0.118. The van der Waals surface area contributed by atoms with Crippen LogP contribution >= 0.6 is 11.3 Å². The second-order valence-corrected chi connectivity index (χ2v) is 3.56. The summed E-state index contributed by atoms with van der Waals surface area (Å²) in [5.74, 6) is 0.160. The average molecular weight is 184 g/mol. The van der Waals surface area contributed by atoms with Crippen LogP contribution in [0.5, 0.6) is 0 Å². The van der Waals surface area contributed by atoms with Gasteiger partial charge in [0, 0.05) is 18.0 Å². The SMILES string of the molecule is CNC(Cc1nccs1)C(C)=O. The predicted molar refractivity (Wildman–Crippen MR) is 49.3 cm³/mol. The van der Waals surface area contributed by atoms with Crippen molar-refractivity contribution in [2.24, 2.45) is 0 Å². The Balaban J connectivity index is 2.54. The Morgan fingerprint density at radius 1 is 1.83 bits per heavy atom. The van der Waals surface area contributed by atoms with E-state index in [9.17, 15) is 4.79 Å². The van der Waals surface area contributed by atoms with E-state index in [1.165, 1.54) is 0 Å². The van der Waals surface area contributed by atoms with Gasteiger partial charge in [-0.3, -0.25) is 4.79 Å². The van der Waals surface area contributed by atoms with Crippen molar-refractivity contribution in [3.8, 4) is 0 Å². The van der Waals surface area contributed by atoms with Crippen molar-refractivity contribution < 1.29 is 4.79 Å². The molecular weight excluding hydrogens is 172 g/mol. The van der Waals surface area contributed by atoms with Crippen molar-refractivity contribution >= 4 is 17.1 Å². The van der Waals surface area contributed by atoms with Gasteiger partial charge in [0.25, 0.3) is 0 Å². The fourth-order valence-corrected chi connectivity index (χ4v) is 1.64. The zero-order valence-electron chi connectivity index (χ0n) is 7.20. The predicted octanol–water partition coefficient (Wildman–Crippen LogP) is 0.863. The first kappa shape index (κ1) is 9.35. The van der Waals surface area contributed by atoms with E-state index in [1.54, 1.807) is 31.5 Å². The molecule has 0 aliphatic carbocycles. The lowest BCUT2D eigenvalue weighted by atomic mass is 10.1. The first-order valence-electron chi connectivity index (χ1n) is 3.80. The van der Waals surface area contributed by atoms with Crippen molar-refractivity contribution in [1.82, 2.24) is 10.3 Å². The highest BCUT2D eigenvalue weighted by atomic mass is 32.1. The summed E-state index contributed by atoms with van der Waals surface area (Å²) in [6.45, 7) is 1.59. The second-order valence-electron chi connectivity index (χ2n) is 2.58. The Morgan fingerprint density at radius 3 is 3.00 bits per heavy atom. The van der Waals surface area contributed by atoms with Gasteiger partial charge >= 0.3 is 0 Å². The second kappa shape index (κ2) is 4.33. The Labute approximate surface area is 75.8 Å². The molecule has 0 spiro atoms. The van der Waals surface area contributed by atoms with Crippen LogP contribution < -0.4 is 5.32 Å². The maximum absolute atomic E-state index is 11.0. The standard InChI is InChI=1S/C8H12N2OS/c1-6(11)7(9-2)5-8-10-3-4-12-8/h3-4,7,9H,5H2,1-2H3. The summed E-state index contributed by atoms with van der Waals surface area (Å²) < 4.78 is 0. The quantitative estimate of drug-likeness (QED) is 0.754. The number of hydrogen-bond donors (Lipinski definition) is 1. The number of hydrogen-bond acceptors (Lipinski definition) is 4. The van der Waals surface area contributed by atoms with E-state index in [0.717, 1.165) is 5.01 Å². The molecule has 0 fully saturated rings. The van der Waals surface area contributed by atoms with Crippen molar-refractivity contribution in [3.05, 3.63) is 16.6 Å². The van der Waals surface area contributed by atoms with Gasteiger partial charge in [-0.2, -0.15) is 0 Å². The summed E-state index contributed by atoms with van der Waals surface area (Å²) in [4.78, 5) is 15.1. The van der Waals surface area contributed by atoms with Gasteiger partial charge in [-0.25, -0.2) is 4.98 Å². The molecule has 0 aromatic carbocycles. The zero-order chi connectivity index (χ0) is 8.97. The van der Waals surface area contributed by atoms with Gasteiger partial charge in [0.15, 0.2) is 0 Å². The number of Topliss-reactive ketones (excluding diaryl/α,β-unsaturated/α-hetero) is 1. The van der Waals surface area contributed by atoms with Crippen LogP contribution in [0.3, 0.4) is 0 Å². The van der Waals surface area contributed by atoms with Crippen LogP contribution in [0.2, 0.25) is 0 Å². The van der Waals surface area contributed by atoms with Crippen molar-refractivity contribution in [2.75, 3.05) is 7.05 Å². The summed E-state index contributed by atoms with van der Waals surface area (Å²) in [5.41, 5.74) is 0. The number of ketones is 1. The molecule has 0 aliphatic heterocycles. The Bertz CT molecular complexity index is 246. The molecule has 1 atom stereocenters. The Morgan fingerprint density at radius 2 is 2.58 bits per heavy atom. The molecule has 0 saturated heterocycles. The van der Waals surface area contributed by atoms with E-state index in [0.29, 0.717) is 6.42 Å². The minimum Gasteiger partial charge on any atom is -0.310 e. The van der Waals surface area contributed by atoms with Crippen LogP contribution in [0.4, 0.5) is 0 Å². The molecule has 4 heteroatoms. The Kier molecular flexibility index (Phi) is 3.37. The van der Waals surface area contributed by atoms with Crippen LogP contribution in [0.25, 0.3) is 0 Å². The monoisotopic (exact) mass is 184 g/mol. The molecule has 0 bridgehead atoms. The smallest absolute Gasteiger partial charge is 0.147 e. The fourth-order valence-electron chi connectivity index (χ4n) is 0.977. The van der Waals surface area contributed by atoms with Gasteiger partial charge in [-0.05, 0) is 14.0 Å². The van der Waals surface area contributed by atoms with Crippen LogP contribution in [-0.2, 0) is 11.2 Å². The summed E-state index contributed by atoms with van der Waals surface area (Å²) in [6.07, 6.45) is 2.45. The van der Waals surface area contributed by atoms with Gasteiger partial charge in [0.05, 0.1) is 11.0 Å². The number of rotatable bonds is 4. The molecule has 0 aliphatic rings. The molecule has 1 aromatic heterocycles. The van der Waals surface area contributed by atoms with Crippen LogP contribution in [0.15, 0.2) is 11.6 Å². The van der Waals surface area contributed by atoms with E-state index >= 15 is 0 Å². The van der Waals surface area contributed by atoms with Gasteiger partial charge in [0.2, 0.25) is 0 Å². The third kappa shape index (κ3) is 2.39. The number of carbonyl (C=O) groups is 1. The minimum absolute atomic E-state index is 0.0869. The van der Waals surface area contributed by atoms with Crippen molar-refractivity contribution in [3.63, 3.8) is 0 Å². The molecule has 0 saturated carbocycles. The summed E-state index contributed by atoms with van der Waals surface area (Å²) in [5, 5.41) is 5.88. The molecular formula is C8H12N2OS. The van der Waals surface area contributed by atoms with Crippen molar-refractivity contribution in [1.29, 1.82) is 0 Å². The van der Waals surface area contributed by atoms with Crippen LogP contribution in [-0.4, -0.2) is 23.9 Å². The number of aromatic nitrogens is 1. The highest BCUT2D eigenvalue weighted by Crippen LogP contribution is 2.07. The first-order chi connectivity index (χ1) is 5.74. The number of nitrogens with zero attached hydrogens (tertiary/aromatic N) is 1. The summed E-state index contributed by atoms with van der Waals surface area (Å²) >= 11 is 1.58. The van der Waals surface area contributed by atoms with E-state index in [1.807, 2.05) is 5.38 Å². The lowest BCUT2D eigenvalue weighted by Gasteiger charge is -2.09. The van der Waals surface area contributed by atoms with Gasteiger partial charge < -0.3 is 5.32 Å². The van der Waals surface area contributed by atoms with Gasteiger partial charge in [0.1, 0.15) is 5.78 Å². The zero-order valence-corrected chi connectivity index (χ0v) is 8.02. The maximum Gasteiger partial charge on any atom is 0.147 e. The molecule has 1 rings (SSSR count). The maximum atomic E-state index is 11.0. The van der Waals surface area contributed by atoms with Gasteiger partial charge in [-0.15, -0.1) is 11.3 Å². The third-order valence-corrected chi connectivity index (χ3v) is 2.50.